The molecule has 1 aromatic carbocycles. The Hall–Kier alpha value is -1.19. The maximum atomic E-state index is 15.4. The van der Waals surface area contributed by atoms with Gasteiger partial charge in [-0.05, 0) is 31.4 Å². The van der Waals surface area contributed by atoms with Crippen LogP contribution in [0, 0.1) is 18.3 Å². The summed E-state index contributed by atoms with van der Waals surface area (Å²) in [6.45, 7) is 6.18. The lowest BCUT2D eigenvalue weighted by Crippen LogP contribution is -2.63. The van der Waals surface area contributed by atoms with E-state index in [9.17, 15) is 31.8 Å². The van der Waals surface area contributed by atoms with Crippen LogP contribution in [-0.2, 0) is 9.84 Å². The third kappa shape index (κ3) is 5.00. The number of rotatable bonds is 6. The zero-order valence-electron chi connectivity index (χ0n) is 15.9. The fourth-order valence-corrected chi connectivity index (χ4v) is 4.63. The third-order valence-corrected chi connectivity index (χ3v) is 6.34. The Morgan fingerprint density at radius 3 is 1.78 bits per heavy atom. The Morgan fingerprint density at radius 2 is 1.44 bits per heavy atom. The Balaban J connectivity index is 3.49. The quantitative estimate of drug-likeness (QED) is 0.700. The molecule has 1 rings (SSSR count). The van der Waals surface area contributed by atoms with Crippen LogP contribution in [0.3, 0.4) is 0 Å². The molecule has 0 radical (unpaired) electrons. The van der Waals surface area contributed by atoms with Gasteiger partial charge in [-0.25, -0.2) is 12.8 Å². The molecular weight excluding hydrogens is 388 g/mol. The minimum absolute atomic E-state index is 0.284. The molecule has 156 valence electrons. The van der Waals surface area contributed by atoms with Crippen molar-refractivity contribution >= 4 is 9.84 Å². The lowest BCUT2D eigenvalue weighted by Gasteiger charge is -2.44. The molecule has 0 aliphatic carbocycles. The Morgan fingerprint density at radius 1 is 1.00 bits per heavy atom. The standard InChI is InChI=1S/C18H26F4O4S/c1-11-6-8-13(9-7-11)27(25,26)10-14(12(2)23)17(19,18(20,21)22)15(24)16(3,4)5/h6-9,12,14-15,23-24H,10H2,1-5H3/t12-,14-,15-,17+/m0/s1. The first-order valence-electron chi connectivity index (χ1n) is 8.35. The van der Waals surface area contributed by atoms with E-state index in [-0.39, 0.29) is 4.90 Å². The van der Waals surface area contributed by atoms with Gasteiger partial charge in [0.05, 0.1) is 16.8 Å². The molecule has 0 fully saturated rings. The number of sulfone groups is 1. The molecule has 4 atom stereocenters. The van der Waals surface area contributed by atoms with E-state index >= 15 is 4.39 Å². The molecule has 0 spiro atoms. The van der Waals surface area contributed by atoms with Gasteiger partial charge >= 0.3 is 6.18 Å². The van der Waals surface area contributed by atoms with Gasteiger partial charge in [0.25, 0.3) is 0 Å². The van der Waals surface area contributed by atoms with Crippen LogP contribution in [0.25, 0.3) is 0 Å². The normalized spacial score (nSPS) is 19.2. The lowest BCUT2D eigenvalue weighted by molar-refractivity contribution is -0.296. The summed E-state index contributed by atoms with van der Waals surface area (Å²) in [6, 6.07) is 5.33. The molecule has 2 N–H and O–H groups in total. The number of aliphatic hydroxyl groups is 2. The fourth-order valence-electron chi connectivity index (χ4n) is 2.89. The van der Waals surface area contributed by atoms with Crippen LogP contribution in [0.5, 0.6) is 0 Å². The highest BCUT2D eigenvalue weighted by Gasteiger charge is 2.68. The van der Waals surface area contributed by atoms with Crippen LogP contribution in [0.4, 0.5) is 17.6 Å². The second-order valence-electron chi connectivity index (χ2n) is 7.98. The minimum atomic E-state index is -5.59. The fraction of sp³-hybridized carbons (Fsp3) is 0.667. The minimum Gasteiger partial charge on any atom is -0.393 e. The third-order valence-electron chi connectivity index (χ3n) is 4.55. The van der Waals surface area contributed by atoms with Crippen LogP contribution in [0.1, 0.15) is 33.3 Å². The largest absolute Gasteiger partial charge is 0.425 e. The summed E-state index contributed by atoms with van der Waals surface area (Å²) in [5.74, 6) is -3.73. The van der Waals surface area contributed by atoms with E-state index in [1.807, 2.05) is 0 Å². The van der Waals surface area contributed by atoms with Gasteiger partial charge in [-0.2, -0.15) is 13.2 Å². The number of alkyl halides is 4. The van der Waals surface area contributed by atoms with Crippen molar-refractivity contribution in [1.29, 1.82) is 0 Å². The summed E-state index contributed by atoms with van der Waals surface area (Å²) in [4.78, 5) is -0.284. The summed E-state index contributed by atoms with van der Waals surface area (Å²) in [7, 11) is -4.35. The summed E-state index contributed by atoms with van der Waals surface area (Å²) < 4.78 is 81.6. The van der Waals surface area contributed by atoms with E-state index < -0.39 is 51.0 Å². The van der Waals surface area contributed by atoms with Crippen molar-refractivity contribution in [1.82, 2.24) is 0 Å². The molecule has 0 aliphatic heterocycles. The summed E-state index contributed by atoms with van der Waals surface area (Å²) in [5.41, 5.74) is -5.14. The zero-order valence-corrected chi connectivity index (χ0v) is 16.7. The zero-order chi connectivity index (χ0) is 21.4. The van der Waals surface area contributed by atoms with E-state index in [0.29, 0.717) is 0 Å². The maximum Gasteiger partial charge on any atom is 0.425 e. The van der Waals surface area contributed by atoms with Gasteiger partial charge in [-0.1, -0.05) is 38.5 Å². The van der Waals surface area contributed by atoms with Gasteiger partial charge in [-0.15, -0.1) is 0 Å². The van der Waals surface area contributed by atoms with Gasteiger partial charge in [0.2, 0.25) is 5.67 Å². The Kier molecular flexibility index (Phi) is 6.78. The predicted molar refractivity (Wildman–Crippen MR) is 93.8 cm³/mol. The maximum absolute atomic E-state index is 15.4. The monoisotopic (exact) mass is 414 g/mol. The van der Waals surface area contributed by atoms with Crippen LogP contribution >= 0.6 is 0 Å². The average Bonchev–Trinajstić information content (AvgIpc) is 2.49. The first-order chi connectivity index (χ1) is 11.9. The highest BCUT2D eigenvalue weighted by atomic mass is 32.2. The van der Waals surface area contributed by atoms with Crippen LogP contribution in [0.2, 0.25) is 0 Å². The van der Waals surface area contributed by atoms with Crippen molar-refractivity contribution in [3.63, 3.8) is 0 Å². The number of aliphatic hydroxyl groups excluding tert-OH is 2. The molecule has 0 aromatic heterocycles. The smallest absolute Gasteiger partial charge is 0.393 e. The molecule has 1 aromatic rings. The first kappa shape index (κ1) is 23.8. The molecule has 27 heavy (non-hydrogen) atoms. The van der Waals surface area contributed by atoms with E-state index in [1.54, 1.807) is 6.92 Å². The van der Waals surface area contributed by atoms with Gasteiger partial charge in [0, 0.05) is 5.92 Å². The highest BCUT2D eigenvalue weighted by molar-refractivity contribution is 7.91. The van der Waals surface area contributed by atoms with Crippen molar-refractivity contribution in [3.8, 4) is 0 Å². The molecule has 9 heteroatoms. The summed E-state index contributed by atoms with van der Waals surface area (Å²) in [6.07, 6.45) is -10.2. The van der Waals surface area contributed by atoms with Crippen LogP contribution in [-0.4, -0.2) is 48.4 Å². The molecule has 0 saturated heterocycles. The average molecular weight is 414 g/mol. The Bertz CT molecular complexity index is 736. The van der Waals surface area contributed by atoms with E-state index in [0.717, 1.165) is 12.5 Å². The SMILES string of the molecule is Cc1ccc(S(=O)(=O)C[C@@H]([C@H](C)O)[C@@](F)([C@@H](O)C(C)(C)C)C(F)(F)F)cc1. The van der Waals surface area contributed by atoms with Gasteiger partial charge in [-0.3, -0.25) is 0 Å². The number of benzene rings is 1. The topological polar surface area (TPSA) is 74.6 Å². The number of hydrogen-bond acceptors (Lipinski definition) is 4. The number of hydrogen-bond donors (Lipinski definition) is 2. The van der Waals surface area contributed by atoms with E-state index in [4.69, 9.17) is 0 Å². The van der Waals surface area contributed by atoms with Gasteiger partial charge in [0.15, 0.2) is 9.84 Å². The molecular formula is C18H26F4O4S. The molecule has 0 bridgehead atoms. The summed E-state index contributed by atoms with van der Waals surface area (Å²) in [5, 5.41) is 20.0. The van der Waals surface area contributed by atoms with Crippen molar-refractivity contribution in [2.75, 3.05) is 5.75 Å². The second-order valence-corrected chi connectivity index (χ2v) is 10.0. The first-order valence-corrected chi connectivity index (χ1v) is 10.0. The highest BCUT2D eigenvalue weighted by Crippen LogP contribution is 2.49. The lowest BCUT2D eigenvalue weighted by atomic mass is 9.72. The van der Waals surface area contributed by atoms with Crippen molar-refractivity contribution in [2.45, 2.75) is 63.6 Å². The van der Waals surface area contributed by atoms with E-state index in [2.05, 4.69) is 0 Å². The van der Waals surface area contributed by atoms with Crippen molar-refractivity contribution in [3.05, 3.63) is 29.8 Å². The van der Waals surface area contributed by atoms with Crippen molar-refractivity contribution in [2.24, 2.45) is 11.3 Å². The van der Waals surface area contributed by atoms with Crippen molar-refractivity contribution < 1.29 is 36.2 Å². The second kappa shape index (κ2) is 7.67. The summed E-state index contributed by atoms with van der Waals surface area (Å²) >= 11 is 0. The molecule has 0 unspecified atom stereocenters. The predicted octanol–water partition coefficient (Wildman–Crippen LogP) is 3.44. The molecule has 0 amide bonds. The Labute approximate surface area is 157 Å². The molecule has 4 nitrogen and oxygen atoms in total. The molecule has 0 aliphatic rings. The van der Waals surface area contributed by atoms with E-state index in [1.165, 1.54) is 45.0 Å². The van der Waals surface area contributed by atoms with Gasteiger partial charge < -0.3 is 10.2 Å². The molecule has 0 heterocycles. The number of halogens is 4. The number of aryl methyl sites for hydroxylation is 1. The van der Waals surface area contributed by atoms with Crippen LogP contribution < -0.4 is 0 Å². The van der Waals surface area contributed by atoms with Gasteiger partial charge in [0.1, 0.15) is 6.10 Å². The molecule has 0 saturated carbocycles. The van der Waals surface area contributed by atoms with Crippen LogP contribution in [0.15, 0.2) is 29.2 Å².